The van der Waals surface area contributed by atoms with Crippen LogP contribution in [0.2, 0.25) is 0 Å². The molecule has 8 heteroatoms. The first-order valence-corrected chi connectivity index (χ1v) is 9.66. The minimum atomic E-state index is -0.764. The third-order valence-electron chi connectivity index (χ3n) is 4.60. The fourth-order valence-corrected chi connectivity index (χ4v) is 3.17. The number of halogens is 2. The lowest BCUT2D eigenvalue weighted by molar-refractivity contribution is 0.191. The van der Waals surface area contributed by atoms with Crippen molar-refractivity contribution < 1.29 is 23.0 Å². The highest BCUT2D eigenvalue weighted by Gasteiger charge is 2.22. The van der Waals surface area contributed by atoms with Gasteiger partial charge in [0.25, 0.3) is 0 Å². The Hall–Kier alpha value is -3.03. The molecule has 3 rings (SSSR count). The van der Waals surface area contributed by atoms with E-state index < -0.39 is 11.6 Å². The van der Waals surface area contributed by atoms with Crippen molar-refractivity contribution in [3.05, 3.63) is 54.1 Å². The monoisotopic (exact) mass is 405 g/mol. The van der Waals surface area contributed by atoms with Gasteiger partial charge in [0.2, 0.25) is 0 Å². The van der Waals surface area contributed by atoms with E-state index in [1.807, 2.05) is 31.2 Å². The second-order valence-electron chi connectivity index (χ2n) is 6.53. The Bertz CT molecular complexity index is 827. The van der Waals surface area contributed by atoms with Gasteiger partial charge in [0.15, 0.2) is 11.6 Å². The molecule has 0 atom stereocenters. The average Bonchev–Trinajstić information content (AvgIpc) is 2.73. The smallest absolute Gasteiger partial charge is 0.317 e. The summed E-state index contributed by atoms with van der Waals surface area (Å²) in [6.07, 6.45) is 0. The molecule has 0 aromatic heterocycles. The SMILES string of the molecule is CCOc1ccccc1N1CCN(C(=O)NCCOc2ccc(F)cc2F)CC1. The number of hydrogen-bond acceptors (Lipinski definition) is 4. The van der Waals surface area contributed by atoms with Crippen LogP contribution >= 0.6 is 0 Å². The van der Waals surface area contributed by atoms with Crippen LogP contribution in [0.5, 0.6) is 11.5 Å². The fourth-order valence-electron chi connectivity index (χ4n) is 3.17. The van der Waals surface area contributed by atoms with E-state index in [1.165, 1.54) is 6.07 Å². The zero-order valence-electron chi connectivity index (χ0n) is 16.4. The lowest BCUT2D eigenvalue weighted by Gasteiger charge is -2.36. The lowest BCUT2D eigenvalue weighted by Crippen LogP contribution is -2.52. The molecule has 0 aliphatic carbocycles. The van der Waals surface area contributed by atoms with Crippen LogP contribution in [0, 0.1) is 11.6 Å². The number of anilines is 1. The normalized spacial score (nSPS) is 13.9. The largest absolute Gasteiger partial charge is 0.492 e. The molecule has 156 valence electrons. The third-order valence-corrected chi connectivity index (χ3v) is 4.60. The molecule has 2 aromatic rings. The van der Waals surface area contributed by atoms with Gasteiger partial charge in [0, 0.05) is 32.2 Å². The topological polar surface area (TPSA) is 54.0 Å². The molecule has 0 radical (unpaired) electrons. The first kappa shape index (κ1) is 20.7. The number of ether oxygens (including phenoxy) is 2. The number of carbonyl (C=O) groups is 1. The van der Waals surface area contributed by atoms with Crippen molar-refractivity contribution in [3.63, 3.8) is 0 Å². The quantitative estimate of drug-likeness (QED) is 0.719. The summed E-state index contributed by atoms with van der Waals surface area (Å²) in [5, 5.41) is 2.76. The van der Waals surface area contributed by atoms with E-state index in [-0.39, 0.29) is 24.9 Å². The summed E-state index contributed by atoms with van der Waals surface area (Å²) >= 11 is 0. The number of nitrogens with one attached hydrogen (secondary N) is 1. The van der Waals surface area contributed by atoms with E-state index in [9.17, 15) is 13.6 Å². The van der Waals surface area contributed by atoms with E-state index in [0.717, 1.165) is 23.6 Å². The van der Waals surface area contributed by atoms with Gasteiger partial charge in [0.05, 0.1) is 18.8 Å². The zero-order valence-corrected chi connectivity index (χ0v) is 16.4. The van der Waals surface area contributed by atoms with Crippen LogP contribution in [0.3, 0.4) is 0 Å². The molecular formula is C21H25F2N3O3. The summed E-state index contributed by atoms with van der Waals surface area (Å²) in [5.74, 6) is -0.619. The summed E-state index contributed by atoms with van der Waals surface area (Å²) in [4.78, 5) is 16.3. The van der Waals surface area contributed by atoms with Crippen LogP contribution in [0.15, 0.2) is 42.5 Å². The van der Waals surface area contributed by atoms with Gasteiger partial charge in [-0.15, -0.1) is 0 Å². The summed E-state index contributed by atoms with van der Waals surface area (Å²) in [6.45, 7) is 5.44. The second kappa shape index (κ2) is 9.95. The molecule has 0 saturated carbocycles. The van der Waals surface area contributed by atoms with Crippen molar-refractivity contribution >= 4 is 11.7 Å². The predicted octanol–water partition coefficient (Wildman–Crippen LogP) is 3.27. The first-order valence-electron chi connectivity index (χ1n) is 9.66. The van der Waals surface area contributed by atoms with Gasteiger partial charge in [-0.2, -0.15) is 0 Å². The Labute approximate surface area is 169 Å². The number of amides is 2. The van der Waals surface area contributed by atoms with E-state index >= 15 is 0 Å². The number of urea groups is 1. The number of benzene rings is 2. The molecule has 1 heterocycles. The van der Waals surface area contributed by atoms with Gasteiger partial charge < -0.3 is 24.6 Å². The highest BCUT2D eigenvalue weighted by atomic mass is 19.1. The minimum absolute atomic E-state index is 0.0396. The molecule has 29 heavy (non-hydrogen) atoms. The van der Waals surface area contributed by atoms with Crippen molar-refractivity contribution in [3.8, 4) is 11.5 Å². The van der Waals surface area contributed by atoms with Crippen LogP contribution in [0.25, 0.3) is 0 Å². The highest BCUT2D eigenvalue weighted by molar-refractivity contribution is 5.74. The summed E-state index contributed by atoms with van der Waals surface area (Å²) in [6, 6.07) is 10.8. The molecule has 1 N–H and O–H groups in total. The van der Waals surface area contributed by atoms with Crippen LogP contribution in [-0.2, 0) is 0 Å². The Morgan fingerprint density at radius 2 is 1.79 bits per heavy atom. The number of nitrogens with zero attached hydrogens (tertiary/aromatic N) is 2. The van der Waals surface area contributed by atoms with E-state index in [1.54, 1.807) is 4.90 Å². The number of carbonyl (C=O) groups excluding carboxylic acids is 1. The fraction of sp³-hybridized carbons (Fsp3) is 0.381. The summed E-state index contributed by atoms with van der Waals surface area (Å²) < 4.78 is 37.3. The predicted molar refractivity (Wildman–Crippen MR) is 107 cm³/mol. The van der Waals surface area contributed by atoms with Crippen molar-refractivity contribution in [1.29, 1.82) is 0 Å². The molecular weight excluding hydrogens is 380 g/mol. The van der Waals surface area contributed by atoms with Gasteiger partial charge in [-0.05, 0) is 31.2 Å². The number of rotatable bonds is 7. The maximum absolute atomic E-state index is 13.5. The first-order chi connectivity index (χ1) is 14.1. The average molecular weight is 405 g/mol. The minimum Gasteiger partial charge on any atom is -0.492 e. The Morgan fingerprint density at radius 3 is 2.52 bits per heavy atom. The standard InChI is InChI=1S/C21H25F2N3O3/c1-2-28-20-6-4-3-5-18(20)25-10-12-26(13-11-25)21(27)24-9-14-29-19-8-7-16(22)15-17(19)23/h3-8,15H,2,9-14H2,1H3,(H,24,27). The van der Waals surface area contributed by atoms with Crippen LogP contribution < -0.4 is 19.7 Å². The van der Waals surface area contributed by atoms with Crippen molar-refractivity contribution in [2.45, 2.75) is 6.92 Å². The van der Waals surface area contributed by atoms with Crippen LogP contribution in [0.1, 0.15) is 6.92 Å². The van der Waals surface area contributed by atoms with Gasteiger partial charge in [-0.3, -0.25) is 0 Å². The van der Waals surface area contributed by atoms with E-state index in [4.69, 9.17) is 9.47 Å². The number of hydrogen-bond donors (Lipinski definition) is 1. The molecule has 1 fully saturated rings. The van der Waals surface area contributed by atoms with Crippen molar-refractivity contribution in [1.82, 2.24) is 10.2 Å². The molecule has 0 unspecified atom stereocenters. The van der Waals surface area contributed by atoms with Gasteiger partial charge in [-0.1, -0.05) is 12.1 Å². The molecule has 2 amide bonds. The van der Waals surface area contributed by atoms with Crippen molar-refractivity contribution in [2.24, 2.45) is 0 Å². The van der Waals surface area contributed by atoms with Crippen LogP contribution in [-0.4, -0.2) is 56.9 Å². The van der Waals surface area contributed by atoms with Gasteiger partial charge in [0.1, 0.15) is 18.2 Å². The number of para-hydroxylation sites is 2. The van der Waals surface area contributed by atoms with E-state index in [2.05, 4.69) is 10.2 Å². The van der Waals surface area contributed by atoms with E-state index in [0.29, 0.717) is 32.8 Å². The molecule has 2 aromatic carbocycles. The van der Waals surface area contributed by atoms with Crippen molar-refractivity contribution in [2.75, 3.05) is 50.8 Å². The molecule has 6 nitrogen and oxygen atoms in total. The van der Waals surface area contributed by atoms with Gasteiger partial charge in [-0.25, -0.2) is 13.6 Å². The van der Waals surface area contributed by atoms with Crippen LogP contribution in [0.4, 0.5) is 19.3 Å². The lowest BCUT2D eigenvalue weighted by atomic mass is 10.2. The maximum atomic E-state index is 13.5. The molecule has 1 saturated heterocycles. The summed E-state index contributed by atoms with van der Waals surface area (Å²) in [7, 11) is 0. The third kappa shape index (κ3) is 5.49. The molecule has 0 bridgehead atoms. The zero-order chi connectivity index (χ0) is 20.6. The molecule has 1 aliphatic rings. The Balaban J connectivity index is 1.42. The summed E-state index contributed by atoms with van der Waals surface area (Å²) in [5.41, 5.74) is 1.03. The Morgan fingerprint density at radius 1 is 1.03 bits per heavy atom. The highest BCUT2D eigenvalue weighted by Crippen LogP contribution is 2.28. The maximum Gasteiger partial charge on any atom is 0.317 e. The Kier molecular flexibility index (Phi) is 7.10. The second-order valence-corrected chi connectivity index (χ2v) is 6.53. The number of piperazine rings is 1. The molecule has 0 spiro atoms. The molecule has 1 aliphatic heterocycles. The van der Waals surface area contributed by atoms with Gasteiger partial charge >= 0.3 is 6.03 Å².